The maximum absolute atomic E-state index is 14.0. The molecule has 0 bridgehead atoms. The van der Waals surface area contributed by atoms with Crippen LogP contribution < -0.4 is 0 Å². The van der Waals surface area contributed by atoms with Crippen molar-refractivity contribution < 1.29 is 4.79 Å². The van der Waals surface area contributed by atoms with E-state index in [1.54, 1.807) is 0 Å². The summed E-state index contributed by atoms with van der Waals surface area (Å²) < 4.78 is 0. The predicted molar refractivity (Wildman–Crippen MR) is 165 cm³/mol. The highest BCUT2D eigenvalue weighted by molar-refractivity contribution is 6.13. The summed E-state index contributed by atoms with van der Waals surface area (Å²) >= 11 is 0. The maximum Gasteiger partial charge on any atom is 0.193 e. The van der Waals surface area contributed by atoms with Crippen molar-refractivity contribution in [3.8, 4) is 44.5 Å². The number of carbonyl (C=O) groups excluding carboxylic acids is 1. The molecule has 0 amide bonds. The number of ketones is 1. The monoisotopic (exact) mass is 512 g/mol. The number of hydrogen-bond donors (Lipinski definition) is 0. The average molecular weight is 513 g/mol. The van der Waals surface area contributed by atoms with Gasteiger partial charge in [0.2, 0.25) is 0 Å². The summed E-state index contributed by atoms with van der Waals surface area (Å²) in [7, 11) is 0. The lowest BCUT2D eigenvalue weighted by Crippen LogP contribution is -2.05. The minimum atomic E-state index is 0.119. The standard InChI is InChI=1S/C39H28O/c40-39-37-15-7-13-33(31-21-17-29(18-22-31)27-9-3-1-4-10-27)35(37)25-26-36-34(14-8-16-38(36)39)32-23-19-30(20-24-32)28-11-5-2-6-12-28/h1-24H,25-26H2. The second kappa shape index (κ2) is 10.3. The predicted octanol–water partition coefficient (Wildman–Crippen LogP) is 9.68. The average Bonchev–Trinajstić information content (AvgIpc) is 3.18. The van der Waals surface area contributed by atoms with Gasteiger partial charge in [-0.25, -0.2) is 0 Å². The topological polar surface area (TPSA) is 17.1 Å². The molecule has 0 aromatic heterocycles. The van der Waals surface area contributed by atoms with Crippen molar-refractivity contribution in [2.45, 2.75) is 12.8 Å². The first-order chi connectivity index (χ1) is 19.8. The molecular formula is C39H28O. The molecule has 0 aliphatic heterocycles. The lowest BCUT2D eigenvalue weighted by Gasteiger charge is -2.13. The van der Waals surface area contributed by atoms with Gasteiger partial charge in [0.15, 0.2) is 5.78 Å². The fourth-order valence-corrected chi connectivity index (χ4v) is 6.02. The molecule has 0 saturated heterocycles. The largest absolute Gasteiger partial charge is 0.289 e. The Morgan fingerprint density at radius 2 is 0.625 bits per heavy atom. The van der Waals surface area contributed by atoms with Gasteiger partial charge in [0.05, 0.1) is 0 Å². The Labute approximate surface area is 235 Å². The summed E-state index contributed by atoms with van der Waals surface area (Å²) in [5.74, 6) is 0.119. The van der Waals surface area contributed by atoms with E-state index in [9.17, 15) is 4.79 Å². The zero-order chi connectivity index (χ0) is 26.9. The van der Waals surface area contributed by atoms with E-state index in [4.69, 9.17) is 0 Å². The highest BCUT2D eigenvalue weighted by Gasteiger charge is 2.25. The van der Waals surface area contributed by atoms with E-state index >= 15 is 0 Å². The first-order valence-electron chi connectivity index (χ1n) is 13.9. The van der Waals surface area contributed by atoms with Crippen LogP contribution in [0.2, 0.25) is 0 Å². The van der Waals surface area contributed by atoms with Crippen LogP contribution in [0.25, 0.3) is 44.5 Å². The molecule has 0 unspecified atom stereocenters. The molecule has 0 heterocycles. The van der Waals surface area contributed by atoms with Crippen LogP contribution in [-0.2, 0) is 12.8 Å². The van der Waals surface area contributed by atoms with Crippen LogP contribution in [0.4, 0.5) is 0 Å². The zero-order valence-electron chi connectivity index (χ0n) is 22.2. The Hall–Kier alpha value is -5.01. The fourth-order valence-electron chi connectivity index (χ4n) is 6.02. The van der Waals surface area contributed by atoms with E-state index in [0.29, 0.717) is 0 Å². The lowest BCUT2D eigenvalue weighted by atomic mass is 9.90. The van der Waals surface area contributed by atoms with Crippen LogP contribution in [0.15, 0.2) is 146 Å². The van der Waals surface area contributed by atoms with Crippen LogP contribution in [0, 0.1) is 0 Å². The normalized spacial score (nSPS) is 12.3. The molecule has 6 aromatic rings. The second-order valence-corrected chi connectivity index (χ2v) is 10.4. The Morgan fingerprint density at radius 3 is 1.02 bits per heavy atom. The third-order valence-corrected chi connectivity index (χ3v) is 8.07. The van der Waals surface area contributed by atoms with E-state index in [0.717, 1.165) is 57.3 Å². The van der Waals surface area contributed by atoms with Gasteiger partial charge < -0.3 is 0 Å². The van der Waals surface area contributed by atoms with Crippen molar-refractivity contribution in [2.75, 3.05) is 0 Å². The van der Waals surface area contributed by atoms with Gasteiger partial charge in [0.1, 0.15) is 0 Å². The fraction of sp³-hybridized carbons (Fsp3) is 0.0513. The molecule has 1 aliphatic rings. The van der Waals surface area contributed by atoms with Crippen LogP contribution in [0.5, 0.6) is 0 Å². The molecule has 0 N–H and O–H groups in total. The van der Waals surface area contributed by atoms with Crippen molar-refractivity contribution in [3.63, 3.8) is 0 Å². The van der Waals surface area contributed by atoms with Gasteiger partial charge in [-0.1, -0.05) is 146 Å². The zero-order valence-corrected chi connectivity index (χ0v) is 22.2. The summed E-state index contributed by atoms with van der Waals surface area (Å²) in [4.78, 5) is 14.0. The molecule has 190 valence electrons. The van der Waals surface area contributed by atoms with Gasteiger partial charge in [-0.2, -0.15) is 0 Å². The Balaban J connectivity index is 1.24. The SMILES string of the molecule is O=C1c2cccc(-c3ccc(-c4ccccc4)cc3)c2CCc2c1cccc2-c1ccc(-c2ccccc2)cc1. The summed E-state index contributed by atoms with van der Waals surface area (Å²) in [6.07, 6.45) is 1.65. The second-order valence-electron chi connectivity index (χ2n) is 10.4. The van der Waals surface area contributed by atoms with Gasteiger partial charge >= 0.3 is 0 Å². The Kier molecular flexibility index (Phi) is 6.18. The van der Waals surface area contributed by atoms with E-state index < -0.39 is 0 Å². The molecule has 1 aliphatic carbocycles. The molecule has 0 atom stereocenters. The summed E-state index contributed by atoms with van der Waals surface area (Å²) in [6.45, 7) is 0. The third-order valence-electron chi connectivity index (χ3n) is 8.07. The van der Waals surface area contributed by atoms with E-state index in [-0.39, 0.29) is 5.78 Å². The molecule has 1 heteroatoms. The highest BCUT2D eigenvalue weighted by Crippen LogP contribution is 2.37. The molecule has 1 nitrogen and oxygen atoms in total. The van der Waals surface area contributed by atoms with Crippen molar-refractivity contribution in [1.82, 2.24) is 0 Å². The Morgan fingerprint density at radius 1 is 0.300 bits per heavy atom. The van der Waals surface area contributed by atoms with Crippen molar-refractivity contribution in [2.24, 2.45) is 0 Å². The first kappa shape index (κ1) is 24.1. The molecule has 0 saturated carbocycles. The van der Waals surface area contributed by atoms with E-state index in [1.807, 2.05) is 36.4 Å². The third kappa shape index (κ3) is 4.36. The van der Waals surface area contributed by atoms with Gasteiger partial charge in [-0.3, -0.25) is 4.79 Å². The van der Waals surface area contributed by atoms with Crippen molar-refractivity contribution >= 4 is 5.78 Å². The maximum atomic E-state index is 14.0. The molecule has 0 radical (unpaired) electrons. The van der Waals surface area contributed by atoms with Gasteiger partial charge in [0, 0.05) is 11.1 Å². The molecule has 0 spiro atoms. The van der Waals surface area contributed by atoms with E-state index in [2.05, 4.69) is 109 Å². The molecule has 0 fully saturated rings. The van der Waals surface area contributed by atoms with Gasteiger partial charge in [0.25, 0.3) is 0 Å². The van der Waals surface area contributed by atoms with Crippen molar-refractivity contribution in [3.05, 3.63) is 168 Å². The number of rotatable bonds is 4. The lowest BCUT2D eigenvalue weighted by molar-refractivity contribution is 0.103. The smallest absolute Gasteiger partial charge is 0.193 e. The van der Waals surface area contributed by atoms with Crippen LogP contribution in [0.1, 0.15) is 27.0 Å². The number of carbonyl (C=O) groups is 1. The van der Waals surface area contributed by atoms with Crippen LogP contribution in [-0.4, -0.2) is 5.78 Å². The highest BCUT2D eigenvalue weighted by atomic mass is 16.1. The van der Waals surface area contributed by atoms with E-state index in [1.165, 1.54) is 22.3 Å². The number of fused-ring (bicyclic) bond motifs is 2. The summed E-state index contributed by atoms with van der Waals surface area (Å²) in [5.41, 5.74) is 13.3. The minimum Gasteiger partial charge on any atom is -0.289 e. The number of hydrogen-bond acceptors (Lipinski definition) is 1. The van der Waals surface area contributed by atoms with Crippen LogP contribution in [0.3, 0.4) is 0 Å². The molecule has 6 aromatic carbocycles. The van der Waals surface area contributed by atoms with Gasteiger partial charge in [-0.15, -0.1) is 0 Å². The van der Waals surface area contributed by atoms with Crippen LogP contribution >= 0.6 is 0 Å². The summed E-state index contributed by atoms with van der Waals surface area (Å²) in [5, 5.41) is 0. The van der Waals surface area contributed by atoms with Gasteiger partial charge in [-0.05, 0) is 68.5 Å². The quantitative estimate of drug-likeness (QED) is 0.230. The first-order valence-corrected chi connectivity index (χ1v) is 13.9. The Bertz CT molecular complexity index is 1680. The summed E-state index contributed by atoms with van der Waals surface area (Å²) in [6, 6.07) is 50.6. The molecule has 7 rings (SSSR count). The molecular weight excluding hydrogens is 484 g/mol. The molecule has 40 heavy (non-hydrogen) atoms. The van der Waals surface area contributed by atoms with Crippen molar-refractivity contribution in [1.29, 1.82) is 0 Å². The minimum absolute atomic E-state index is 0.119. The number of benzene rings is 6.